The van der Waals surface area contributed by atoms with Crippen LogP contribution in [0.15, 0.2) is 30.7 Å². The van der Waals surface area contributed by atoms with Gasteiger partial charge < -0.3 is 15.6 Å². The van der Waals surface area contributed by atoms with E-state index in [-0.39, 0.29) is 6.04 Å². The minimum Gasteiger partial charge on any atom is -0.368 e. The highest BCUT2D eigenvalue weighted by atomic mass is 35.5. The van der Waals surface area contributed by atoms with E-state index in [1.807, 2.05) is 18.3 Å². The second-order valence-corrected chi connectivity index (χ2v) is 6.57. The normalized spacial score (nSPS) is 12.1. The van der Waals surface area contributed by atoms with E-state index in [1.165, 1.54) is 0 Å². The van der Waals surface area contributed by atoms with Gasteiger partial charge in [-0.2, -0.15) is 0 Å². The number of carbonyl (C=O) groups excluding carboxylic acids is 1. The van der Waals surface area contributed by atoms with Crippen molar-refractivity contribution in [2.75, 3.05) is 11.9 Å². The Morgan fingerprint density at radius 3 is 3.08 bits per heavy atom. The largest absolute Gasteiger partial charge is 0.368 e. The molecule has 8 heteroatoms. The number of aromatic nitrogens is 4. The molecule has 0 saturated carbocycles. The number of hydrogen-bond donors (Lipinski definition) is 3. The van der Waals surface area contributed by atoms with Gasteiger partial charge in [0, 0.05) is 42.1 Å². The van der Waals surface area contributed by atoms with Crippen molar-refractivity contribution in [2.45, 2.75) is 32.2 Å². The van der Waals surface area contributed by atoms with Crippen LogP contribution in [-0.2, 0) is 4.79 Å². The smallest absolute Gasteiger partial charge is 0.207 e. The zero-order valence-corrected chi connectivity index (χ0v) is 15.3. The van der Waals surface area contributed by atoms with Crippen LogP contribution in [0.4, 0.5) is 5.82 Å². The zero-order chi connectivity index (χ0) is 18.4. The van der Waals surface area contributed by atoms with Gasteiger partial charge in [0.15, 0.2) is 5.82 Å². The van der Waals surface area contributed by atoms with E-state index in [0.717, 1.165) is 48.1 Å². The molecule has 0 aliphatic carbocycles. The van der Waals surface area contributed by atoms with Crippen LogP contribution in [0.1, 0.15) is 26.2 Å². The van der Waals surface area contributed by atoms with E-state index >= 15 is 0 Å². The second kappa shape index (κ2) is 8.62. The molecule has 0 aliphatic rings. The summed E-state index contributed by atoms with van der Waals surface area (Å²) in [6.45, 7) is 2.83. The van der Waals surface area contributed by atoms with E-state index in [1.54, 1.807) is 12.4 Å². The Balaban J connectivity index is 1.68. The van der Waals surface area contributed by atoms with Crippen LogP contribution in [-0.4, -0.2) is 38.9 Å². The monoisotopic (exact) mass is 372 g/mol. The third-order valence-corrected chi connectivity index (χ3v) is 4.29. The van der Waals surface area contributed by atoms with Gasteiger partial charge in [0.05, 0.1) is 5.02 Å². The van der Waals surface area contributed by atoms with Crippen molar-refractivity contribution in [1.82, 2.24) is 25.3 Å². The van der Waals surface area contributed by atoms with Gasteiger partial charge in [-0.15, -0.1) is 0 Å². The van der Waals surface area contributed by atoms with E-state index in [9.17, 15) is 4.79 Å². The van der Waals surface area contributed by atoms with Crippen molar-refractivity contribution in [3.63, 3.8) is 0 Å². The van der Waals surface area contributed by atoms with Crippen LogP contribution in [0, 0.1) is 0 Å². The van der Waals surface area contributed by atoms with Crippen molar-refractivity contribution in [3.05, 3.63) is 35.7 Å². The number of halogens is 1. The minimum absolute atomic E-state index is 0.271. The van der Waals surface area contributed by atoms with Gasteiger partial charge in [-0.1, -0.05) is 11.6 Å². The molecule has 3 heterocycles. The summed E-state index contributed by atoms with van der Waals surface area (Å²) in [4.78, 5) is 26.6. The van der Waals surface area contributed by atoms with Crippen LogP contribution < -0.4 is 10.6 Å². The number of amides is 1. The molecule has 0 fully saturated rings. The molecule has 0 aliphatic heterocycles. The minimum atomic E-state index is 0.271. The first-order valence-corrected chi connectivity index (χ1v) is 8.95. The van der Waals surface area contributed by atoms with Gasteiger partial charge in [0.2, 0.25) is 6.41 Å². The number of anilines is 1. The number of H-pyrrole nitrogens is 1. The molecule has 136 valence electrons. The highest BCUT2D eigenvalue weighted by Gasteiger charge is 2.11. The third kappa shape index (κ3) is 4.49. The lowest BCUT2D eigenvalue weighted by molar-refractivity contribution is -0.109. The van der Waals surface area contributed by atoms with Crippen LogP contribution >= 0.6 is 11.6 Å². The quantitative estimate of drug-likeness (QED) is 0.395. The molecule has 0 radical (unpaired) electrons. The fraction of sp³-hybridized carbons (Fsp3) is 0.333. The number of carbonyl (C=O) groups is 1. The standard InChI is InChI=1S/C18H21ClN6O/c1-12(4-2-3-6-20-11-26)24-16-5-7-21-18(25-16)15-10-23-17-14(15)8-13(19)9-22-17/h5,7-12H,2-4,6H2,1H3,(H,20,26)(H,22,23)(H,21,24,25). The number of fused-ring (bicyclic) bond motifs is 1. The summed E-state index contributed by atoms with van der Waals surface area (Å²) in [5.74, 6) is 1.39. The Morgan fingerprint density at radius 2 is 2.23 bits per heavy atom. The van der Waals surface area contributed by atoms with E-state index in [2.05, 4.69) is 37.5 Å². The predicted octanol–water partition coefficient (Wildman–Crippen LogP) is 3.39. The third-order valence-electron chi connectivity index (χ3n) is 4.08. The summed E-state index contributed by atoms with van der Waals surface area (Å²) < 4.78 is 0. The molecule has 0 saturated heterocycles. The van der Waals surface area contributed by atoms with Crippen molar-refractivity contribution in [2.24, 2.45) is 0 Å². The van der Waals surface area contributed by atoms with Crippen LogP contribution in [0.25, 0.3) is 22.4 Å². The van der Waals surface area contributed by atoms with Crippen LogP contribution in [0.3, 0.4) is 0 Å². The summed E-state index contributed by atoms with van der Waals surface area (Å²) >= 11 is 6.06. The summed E-state index contributed by atoms with van der Waals surface area (Å²) in [5.41, 5.74) is 1.62. The highest BCUT2D eigenvalue weighted by molar-refractivity contribution is 6.31. The Labute approximate surface area is 156 Å². The van der Waals surface area contributed by atoms with E-state index in [0.29, 0.717) is 17.4 Å². The molecule has 1 unspecified atom stereocenters. The second-order valence-electron chi connectivity index (χ2n) is 6.13. The first-order chi connectivity index (χ1) is 12.7. The molecular weight excluding hydrogens is 352 g/mol. The van der Waals surface area contributed by atoms with Gasteiger partial charge in [0.25, 0.3) is 0 Å². The number of nitrogens with one attached hydrogen (secondary N) is 3. The lowest BCUT2D eigenvalue weighted by Crippen LogP contribution is -2.17. The lowest BCUT2D eigenvalue weighted by Gasteiger charge is -2.14. The maximum atomic E-state index is 10.2. The van der Waals surface area contributed by atoms with Gasteiger partial charge in [-0.25, -0.2) is 15.0 Å². The van der Waals surface area contributed by atoms with Gasteiger partial charge in [-0.05, 0) is 38.3 Å². The van der Waals surface area contributed by atoms with Gasteiger partial charge in [-0.3, -0.25) is 4.79 Å². The molecule has 1 amide bonds. The first-order valence-electron chi connectivity index (χ1n) is 8.57. The van der Waals surface area contributed by atoms with Crippen molar-refractivity contribution < 1.29 is 4.79 Å². The molecule has 26 heavy (non-hydrogen) atoms. The van der Waals surface area contributed by atoms with Crippen LogP contribution in [0.2, 0.25) is 5.02 Å². The highest BCUT2D eigenvalue weighted by Crippen LogP contribution is 2.27. The summed E-state index contributed by atoms with van der Waals surface area (Å²) in [7, 11) is 0. The maximum absolute atomic E-state index is 10.2. The summed E-state index contributed by atoms with van der Waals surface area (Å²) in [6.07, 6.45) is 8.90. The van der Waals surface area contributed by atoms with Crippen molar-refractivity contribution in [3.8, 4) is 11.4 Å². The lowest BCUT2D eigenvalue weighted by atomic mass is 10.1. The van der Waals surface area contributed by atoms with Gasteiger partial charge >= 0.3 is 0 Å². The van der Waals surface area contributed by atoms with Gasteiger partial charge in [0.1, 0.15) is 11.5 Å². The number of nitrogens with zero attached hydrogens (tertiary/aromatic N) is 3. The summed E-state index contributed by atoms with van der Waals surface area (Å²) in [5, 5.41) is 7.54. The molecule has 3 N–H and O–H groups in total. The Kier molecular flexibility index (Phi) is 6.01. The molecule has 0 aromatic carbocycles. The fourth-order valence-corrected chi connectivity index (χ4v) is 2.95. The molecule has 1 atom stereocenters. The Morgan fingerprint density at radius 1 is 1.35 bits per heavy atom. The fourth-order valence-electron chi connectivity index (χ4n) is 2.79. The zero-order valence-electron chi connectivity index (χ0n) is 14.5. The number of rotatable bonds is 9. The molecule has 3 aromatic heterocycles. The molecule has 3 aromatic rings. The molecule has 0 bridgehead atoms. The number of pyridine rings is 1. The Hall–Kier alpha value is -2.67. The summed E-state index contributed by atoms with van der Waals surface area (Å²) in [6, 6.07) is 3.98. The molecular formula is C18H21ClN6O. The predicted molar refractivity (Wildman–Crippen MR) is 103 cm³/mol. The first kappa shape index (κ1) is 18.1. The maximum Gasteiger partial charge on any atom is 0.207 e. The number of hydrogen-bond acceptors (Lipinski definition) is 5. The van der Waals surface area contributed by atoms with Crippen LogP contribution in [0.5, 0.6) is 0 Å². The SMILES string of the molecule is CC(CCCCNC=O)Nc1ccnc(-c2c[nH]c3ncc(Cl)cc23)n1. The van der Waals surface area contributed by atoms with Crippen molar-refractivity contribution in [1.29, 1.82) is 0 Å². The number of unbranched alkanes of at least 4 members (excludes halogenated alkanes) is 1. The van der Waals surface area contributed by atoms with Crippen molar-refractivity contribution >= 4 is 34.9 Å². The average molecular weight is 373 g/mol. The molecule has 7 nitrogen and oxygen atoms in total. The average Bonchev–Trinajstić information content (AvgIpc) is 3.05. The molecule has 3 rings (SSSR count). The molecule has 0 spiro atoms. The topological polar surface area (TPSA) is 95.6 Å². The van der Waals surface area contributed by atoms with E-state index in [4.69, 9.17) is 11.6 Å². The Bertz CT molecular complexity index is 881. The van der Waals surface area contributed by atoms with E-state index < -0.39 is 0 Å². The number of aromatic amines is 1.